The molecule has 0 aliphatic carbocycles. The van der Waals surface area contributed by atoms with Gasteiger partial charge < -0.3 is 89.9 Å². The number of nitrogens with one attached hydrogen (secondary N) is 1. The maximum Gasteiger partial charge on any atom is 0.220 e. The summed E-state index contributed by atoms with van der Waals surface area (Å²) < 4.78 is 34.4. The molecule has 3 saturated heterocycles. The zero-order chi connectivity index (χ0) is 70.4. The second-order valence-corrected chi connectivity index (χ2v) is 27.1. The number of ether oxygens (including phenoxy) is 6. The molecule has 562 valence electrons. The molecule has 12 N–H and O–H groups in total. The van der Waals surface area contributed by atoms with Gasteiger partial charge in [0.15, 0.2) is 18.9 Å². The molecule has 3 fully saturated rings. The molecule has 1 amide bonds. The average Bonchev–Trinajstić information content (AvgIpc) is 0.826. The molecule has 0 aromatic carbocycles. The highest BCUT2D eigenvalue weighted by Gasteiger charge is 2.53. The van der Waals surface area contributed by atoms with Crippen LogP contribution in [0.1, 0.15) is 271 Å². The summed E-state index contributed by atoms with van der Waals surface area (Å²) in [5.41, 5.74) is 0. The third-order valence-corrected chi connectivity index (χ3v) is 18.7. The van der Waals surface area contributed by atoms with Gasteiger partial charge in [-0.25, -0.2) is 0 Å². The van der Waals surface area contributed by atoms with Crippen molar-refractivity contribution in [1.82, 2.24) is 5.32 Å². The standard InChI is InChI=1S/C78H137NO18/c1-3-5-7-9-11-13-15-17-19-21-23-25-27-28-29-30-31-32-34-35-37-39-41-43-45-47-49-51-53-55-62(83)61(79-66(84)56-54-52-50-48-46-44-42-40-38-36-33-26-24-22-20-18-16-14-12-10-8-6-4-2)60-92-76-72(90)69(87)74(64(58-81)94-76)97-78-73(91)70(88)75(65(59-82)95-78)96-77-71(89)68(86)67(85)63(57-80)93-77/h6,8,12,14,18,20,24,26,37,39,45,47,53,55,61-65,67-78,80-83,85-91H,3-5,7,9-11,13,15-17,19,21-23,25,27-36,38,40-44,46,48-52,54,56-60H2,1-2H3,(H,79,84)/b8-6-,14-12-,20-18-,26-24-,39-37+,47-45+,55-53+. The molecule has 0 aromatic rings. The van der Waals surface area contributed by atoms with Crippen LogP contribution in [0.2, 0.25) is 0 Å². The fourth-order valence-corrected chi connectivity index (χ4v) is 12.5. The molecule has 97 heavy (non-hydrogen) atoms. The van der Waals surface area contributed by atoms with Crippen molar-refractivity contribution >= 4 is 5.91 Å². The molecule has 0 radical (unpaired) electrons. The summed E-state index contributed by atoms with van der Waals surface area (Å²) in [6.07, 6.45) is 50.0. The zero-order valence-corrected chi connectivity index (χ0v) is 59.8. The molecule has 3 aliphatic heterocycles. The summed E-state index contributed by atoms with van der Waals surface area (Å²) in [5, 5.41) is 121. The van der Waals surface area contributed by atoms with E-state index in [0.717, 1.165) is 83.5 Å². The third kappa shape index (κ3) is 39.3. The molecular formula is C78H137NO18. The van der Waals surface area contributed by atoms with Gasteiger partial charge in [-0.05, 0) is 83.5 Å². The van der Waals surface area contributed by atoms with Crippen LogP contribution in [-0.4, -0.2) is 193 Å². The van der Waals surface area contributed by atoms with Crippen molar-refractivity contribution < 1.29 is 89.4 Å². The summed E-state index contributed by atoms with van der Waals surface area (Å²) in [7, 11) is 0. The van der Waals surface area contributed by atoms with E-state index >= 15 is 0 Å². The van der Waals surface area contributed by atoms with E-state index in [1.54, 1.807) is 6.08 Å². The lowest BCUT2D eigenvalue weighted by Crippen LogP contribution is -2.66. The second-order valence-electron chi connectivity index (χ2n) is 27.1. The van der Waals surface area contributed by atoms with Crippen molar-refractivity contribution in [3.8, 4) is 0 Å². The van der Waals surface area contributed by atoms with Crippen LogP contribution in [0.25, 0.3) is 0 Å². The molecule has 3 rings (SSSR count). The van der Waals surface area contributed by atoms with Gasteiger partial charge in [-0.15, -0.1) is 0 Å². The summed E-state index contributed by atoms with van der Waals surface area (Å²) >= 11 is 0. The van der Waals surface area contributed by atoms with Crippen molar-refractivity contribution in [3.63, 3.8) is 0 Å². The van der Waals surface area contributed by atoms with Gasteiger partial charge >= 0.3 is 0 Å². The molecule has 17 atom stereocenters. The van der Waals surface area contributed by atoms with Gasteiger partial charge in [-0.3, -0.25) is 4.79 Å². The Balaban J connectivity index is 1.42. The normalized spacial score (nSPS) is 27.4. The number of carbonyl (C=O) groups excluding carboxylic acids is 1. The van der Waals surface area contributed by atoms with Crippen LogP contribution in [0.15, 0.2) is 85.1 Å². The average molecular weight is 1380 g/mol. The highest BCUT2D eigenvalue weighted by Crippen LogP contribution is 2.33. The SMILES string of the molecule is CC/C=C\C/C=C\C/C=C\C/C=C\CCCCCCCCCCCCC(=O)NC(COC1OC(CO)C(OC2OC(CO)C(OC3OC(CO)C(O)C(O)C3O)C(O)C2O)C(O)C1O)C(O)/C=C/CC/C=C/CC/C=C/CCCCCCCCCCCCCCCCCCCCC. The Labute approximate surface area is 584 Å². The lowest BCUT2D eigenvalue weighted by molar-refractivity contribution is -0.379. The summed E-state index contributed by atoms with van der Waals surface area (Å²) in [6, 6.07) is -1.01. The number of amides is 1. The Morgan fingerprint density at radius 2 is 0.722 bits per heavy atom. The summed E-state index contributed by atoms with van der Waals surface area (Å²) in [5.74, 6) is -0.295. The number of hydrogen-bond acceptors (Lipinski definition) is 18. The molecule has 17 unspecified atom stereocenters. The first-order valence-corrected chi connectivity index (χ1v) is 38.3. The monoisotopic (exact) mass is 1380 g/mol. The molecular weight excluding hydrogens is 1240 g/mol. The van der Waals surface area contributed by atoms with Crippen LogP contribution < -0.4 is 5.32 Å². The van der Waals surface area contributed by atoms with Gasteiger partial charge in [0.2, 0.25) is 5.91 Å². The van der Waals surface area contributed by atoms with Crippen LogP contribution in [-0.2, 0) is 33.2 Å². The third-order valence-electron chi connectivity index (χ3n) is 18.7. The lowest BCUT2D eigenvalue weighted by atomic mass is 9.96. The predicted octanol–water partition coefficient (Wildman–Crippen LogP) is 11.8. The summed E-state index contributed by atoms with van der Waals surface area (Å²) in [4.78, 5) is 13.4. The van der Waals surface area contributed by atoms with Crippen molar-refractivity contribution in [3.05, 3.63) is 85.1 Å². The van der Waals surface area contributed by atoms with Gasteiger partial charge in [0, 0.05) is 6.42 Å². The van der Waals surface area contributed by atoms with Crippen molar-refractivity contribution in [1.29, 1.82) is 0 Å². The minimum absolute atomic E-state index is 0.222. The summed E-state index contributed by atoms with van der Waals surface area (Å²) in [6.45, 7) is 1.61. The topological polar surface area (TPSA) is 307 Å². The highest BCUT2D eigenvalue weighted by atomic mass is 16.8. The molecule has 0 spiro atoms. The van der Waals surface area contributed by atoms with E-state index in [9.17, 15) is 61.0 Å². The van der Waals surface area contributed by atoms with Crippen LogP contribution in [0.4, 0.5) is 0 Å². The number of rotatable bonds is 59. The Kier molecular flexibility index (Phi) is 53.2. The van der Waals surface area contributed by atoms with E-state index in [1.807, 2.05) is 6.08 Å². The molecule has 19 heteroatoms. The molecule has 0 bridgehead atoms. The first kappa shape index (κ1) is 88.2. The van der Waals surface area contributed by atoms with E-state index < -0.39 is 124 Å². The quantitative estimate of drug-likeness (QED) is 0.0199. The predicted molar refractivity (Wildman–Crippen MR) is 383 cm³/mol. The molecule has 0 saturated carbocycles. The van der Waals surface area contributed by atoms with E-state index in [-0.39, 0.29) is 18.9 Å². The van der Waals surface area contributed by atoms with E-state index in [2.05, 4.69) is 92.1 Å². The van der Waals surface area contributed by atoms with Gasteiger partial charge in [0.05, 0.1) is 38.6 Å². The Bertz CT molecular complexity index is 2080. The zero-order valence-electron chi connectivity index (χ0n) is 59.8. The Hall–Kier alpha value is -3.03. The van der Waals surface area contributed by atoms with Crippen molar-refractivity contribution in [2.75, 3.05) is 26.4 Å². The van der Waals surface area contributed by atoms with E-state index in [4.69, 9.17) is 28.4 Å². The Morgan fingerprint density at radius 1 is 0.381 bits per heavy atom. The van der Waals surface area contributed by atoms with Crippen molar-refractivity contribution in [2.24, 2.45) is 0 Å². The number of hydrogen-bond donors (Lipinski definition) is 12. The van der Waals surface area contributed by atoms with Gasteiger partial charge in [0.1, 0.15) is 73.2 Å². The van der Waals surface area contributed by atoms with Crippen LogP contribution in [0.3, 0.4) is 0 Å². The van der Waals surface area contributed by atoms with Crippen LogP contribution in [0.5, 0.6) is 0 Å². The number of allylic oxidation sites excluding steroid dienone is 13. The van der Waals surface area contributed by atoms with E-state index in [0.29, 0.717) is 12.8 Å². The van der Waals surface area contributed by atoms with Gasteiger partial charge in [0.25, 0.3) is 0 Å². The van der Waals surface area contributed by atoms with Crippen LogP contribution in [0, 0.1) is 0 Å². The number of aliphatic hydroxyl groups excluding tert-OH is 11. The number of aliphatic hydroxyl groups is 11. The largest absolute Gasteiger partial charge is 0.394 e. The lowest BCUT2D eigenvalue weighted by Gasteiger charge is -2.48. The fraction of sp³-hybridized carbons (Fsp3) is 0.808. The second kappa shape index (κ2) is 58.5. The molecule has 0 aromatic heterocycles. The Morgan fingerprint density at radius 3 is 1.15 bits per heavy atom. The minimum atomic E-state index is -1.99. The number of carbonyl (C=O) groups is 1. The highest BCUT2D eigenvalue weighted by molar-refractivity contribution is 5.76. The molecule has 3 heterocycles. The smallest absolute Gasteiger partial charge is 0.220 e. The van der Waals surface area contributed by atoms with Crippen molar-refractivity contribution in [2.45, 2.75) is 375 Å². The van der Waals surface area contributed by atoms with Gasteiger partial charge in [-0.2, -0.15) is 0 Å². The van der Waals surface area contributed by atoms with Gasteiger partial charge in [-0.1, -0.05) is 266 Å². The van der Waals surface area contributed by atoms with E-state index in [1.165, 1.54) is 154 Å². The molecule has 19 nitrogen and oxygen atoms in total. The number of unbranched alkanes of at least 4 members (excludes halogenated alkanes) is 31. The van der Waals surface area contributed by atoms with Crippen LogP contribution >= 0.6 is 0 Å². The molecule has 3 aliphatic rings. The first-order chi connectivity index (χ1) is 47.3. The maximum atomic E-state index is 13.4. The first-order valence-electron chi connectivity index (χ1n) is 38.3. The maximum absolute atomic E-state index is 13.4. The minimum Gasteiger partial charge on any atom is -0.394 e. The fourth-order valence-electron chi connectivity index (χ4n) is 12.5.